The predicted octanol–water partition coefficient (Wildman–Crippen LogP) is 3.17. The second kappa shape index (κ2) is 8.88. The molecule has 1 unspecified atom stereocenters. The predicted molar refractivity (Wildman–Crippen MR) is 111 cm³/mol. The smallest absolute Gasteiger partial charge is 0.243 e. The molecule has 0 aromatic heterocycles. The molecule has 1 saturated heterocycles. The van der Waals surface area contributed by atoms with Gasteiger partial charge in [-0.05, 0) is 44.4 Å². The number of hydrogen-bond acceptors (Lipinski definition) is 4. The van der Waals surface area contributed by atoms with Crippen molar-refractivity contribution in [1.29, 1.82) is 0 Å². The molecule has 1 N–H and O–H groups in total. The molecule has 1 atom stereocenters. The minimum absolute atomic E-state index is 0.0378. The molecule has 0 aliphatic carbocycles. The van der Waals surface area contributed by atoms with Crippen molar-refractivity contribution in [3.05, 3.63) is 65.7 Å². The molecule has 0 spiro atoms. The number of ketones is 1. The van der Waals surface area contributed by atoms with Crippen LogP contribution in [0.4, 0.5) is 0 Å². The highest BCUT2D eigenvalue weighted by Gasteiger charge is 2.32. The van der Waals surface area contributed by atoms with Crippen LogP contribution in [0, 0.1) is 5.92 Å². The van der Waals surface area contributed by atoms with Crippen LogP contribution in [0.25, 0.3) is 0 Å². The van der Waals surface area contributed by atoms with Crippen molar-refractivity contribution >= 4 is 21.7 Å². The quantitative estimate of drug-likeness (QED) is 0.736. The Kier molecular flexibility index (Phi) is 6.49. The molecule has 7 heteroatoms. The highest BCUT2D eigenvalue weighted by molar-refractivity contribution is 7.89. The average Bonchev–Trinajstić information content (AvgIpc) is 2.74. The lowest BCUT2D eigenvalue weighted by Gasteiger charge is -2.31. The van der Waals surface area contributed by atoms with Crippen LogP contribution in [0.3, 0.4) is 0 Å². The molecule has 1 aliphatic rings. The molecule has 6 nitrogen and oxygen atoms in total. The van der Waals surface area contributed by atoms with Crippen molar-refractivity contribution in [3.8, 4) is 0 Å². The first-order valence-electron chi connectivity index (χ1n) is 9.75. The van der Waals surface area contributed by atoms with E-state index in [0.717, 1.165) is 5.56 Å². The zero-order valence-electron chi connectivity index (χ0n) is 16.7. The number of hydrogen-bond donors (Lipinski definition) is 1. The largest absolute Gasteiger partial charge is 0.349 e. The standard InChI is InChI=1S/C22H26N2O4S/c1-16(18-6-4-3-5-7-18)23-22(26)20-12-14-24(15-13-20)29(27,28)21-10-8-19(9-11-21)17(2)25/h3-11,16,20H,12-15H2,1-2H3,(H,23,26). The third kappa shape index (κ3) is 4.92. The summed E-state index contributed by atoms with van der Waals surface area (Å²) in [6, 6.07) is 15.6. The number of nitrogens with one attached hydrogen (secondary N) is 1. The third-order valence-electron chi connectivity index (χ3n) is 5.38. The van der Waals surface area contributed by atoms with E-state index in [9.17, 15) is 18.0 Å². The number of rotatable bonds is 6. The van der Waals surface area contributed by atoms with E-state index in [1.54, 1.807) is 0 Å². The summed E-state index contributed by atoms with van der Waals surface area (Å²) in [5.74, 6) is -0.345. The number of sulfonamides is 1. The first-order chi connectivity index (χ1) is 13.8. The minimum Gasteiger partial charge on any atom is -0.349 e. The highest BCUT2D eigenvalue weighted by atomic mass is 32.2. The van der Waals surface area contributed by atoms with Gasteiger partial charge in [-0.25, -0.2) is 8.42 Å². The van der Waals surface area contributed by atoms with Crippen molar-refractivity contribution in [2.75, 3.05) is 13.1 Å². The molecule has 0 bridgehead atoms. The Morgan fingerprint density at radius 2 is 1.59 bits per heavy atom. The fourth-order valence-electron chi connectivity index (χ4n) is 3.53. The van der Waals surface area contributed by atoms with Gasteiger partial charge in [-0.15, -0.1) is 0 Å². The minimum atomic E-state index is -3.63. The van der Waals surface area contributed by atoms with E-state index in [0.29, 0.717) is 31.5 Å². The van der Waals surface area contributed by atoms with Gasteiger partial charge in [0, 0.05) is 24.6 Å². The van der Waals surface area contributed by atoms with Gasteiger partial charge in [0.05, 0.1) is 10.9 Å². The summed E-state index contributed by atoms with van der Waals surface area (Å²) >= 11 is 0. The van der Waals surface area contributed by atoms with E-state index in [1.807, 2.05) is 37.3 Å². The van der Waals surface area contributed by atoms with Gasteiger partial charge in [-0.2, -0.15) is 4.31 Å². The van der Waals surface area contributed by atoms with Crippen LogP contribution in [-0.4, -0.2) is 37.5 Å². The van der Waals surface area contributed by atoms with E-state index in [-0.39, 0.29) is 28.5 Å². The zero-order chi connectivity index (χ0) is 21.0. The monoisotopic (exact) mass is 414 g/mol. The van der Waals surface area contributed by atoms with Crippen LogP contribution in [0.2, 0.25) is 0 Å². The van der Waals surface area contributed by atoms with Crippen molar-refractivity contribution in [2.45, 2.75) is 37.6 Å². The number of amides is 1. The second-order valence-corrected chi connectivity index (χ2v) is 9.34. The van der Waals surface area contributed by atoms with Gasteiger partial charge in [0.2, 0.25) is 15.9 Å². The molecule has 154 valence electrons. The van der Waals surface area contributed by atoms with E-state index in [2.05, 4.69) is 5.32 Å². The Morgan fingerprint density at radius 3 is 2.14 bits per heavy atom. The van der Waals surface area contributed by atoms with Crippen LogP contribution in [0.5, 0.6) is 0 Å². The molecular formula is C22H26N2O4S. The number of benzene rings is 2. The Morgan fingerprint density at radius 1 is 1.00 bits per heavy atom. The average molecular weight is 415 g/mol. The van der Waals surface area contributed by atoms with Gasteiger partial charge in [0.15, 0.2) is 5.78 Å². The lowest BCUT2D eigenvalue weighted by Crippen LogP contribution is -2.43. The van der Waals surface area contributed by atoms with E-state index in [4.69, 9.17) is 0 Å². The number of nitrogens with zero attached hydrogens (tertiary/aromatic N) is 1. The second-order valence-electron chi connectivity index (χ2n) is 7.40. The van der Waals surface area contributed by atoms with Crippen molar-refractivity contribution in [1.82, 2.24) is 9.62 Å². The van der Waals surface area contributed by atoms with Gasteiger partial charge >= 0.3 is 0 Å². The molecule has 1 aliphatic heterocycles. The topological polar surface area (TPSA) is 83.6 Å². The summed E-state index contributed by atoms with van der Waals surface area (Å²) in [5, 5.41) is 3.03. The van der Waals surface area contributed by atoms with Crippen LogP contribution in [0.15, 0.2) is 59.5 Å². The van der Waals surface area contributed by atoms with Crippen LogP contribution in [-0.2, 0) is 14.8 Å². The Bertz CT molecular complexity index is 964. The molecule has 1 fully saturated rings. The molecule has 0 radical (unpaired) electrons. The first kappa shape index (κ1) is 21.2. The summed E-state index contributed by atoms with van der Waals surface area (Å²) in [6.45, 7) is 3.98. The van der Waals surface area contributed by atoms with Gasteiger partial charge in [-0.3, -0.25) is 9.59 Å². The maximum Gasteiger partial charge on any atom is 0.243 e. The third-order valence-corrected chi connectivity index (χ3v) is 7.29. The maximum absolute atomic E-state index is 12.8. The van der Waals surface area contributed by atoms with Gasteiger partial charge in [-0.1, -0.05) is 42.5 Å². The van der Waals surface area contributed by atoms with Gasteiger partial charge in [0.25, 0.3) is 0 Å². The van der Waals surface area contributed by atoms with Crippen molar-refractivity contribution in [3.63, 3.8) is 0 Å². The Balaban J connectivity index is 1.59. The molecule has 1 heterocycles. The Hall–Kier alpha value is -2.51. The summed E-state index contributed by atoms with van der Waals surface area (Å²) < 4.78 is 27.1. The fraction of sp³-hybridized carbons (Fsp3) is 0.364. The normalized spacial score (nSPS) is 16.9. The first-order valence-corrected chi connectivity index (χ1v) is 11.2. The molecule has 0 saturated carbocycles. The summed E-state index contributed by atoms with van der Waals surface area (Å²) in [7, 11) is -3.63. The molecule has 3 rings (SSSR count). The van der Waals surface area contributed by atoms with Gasteiger partial charge < -0.3 is 5.32 Å². The van der Waals surface area contributed by atoms with Gasteiger partial charge in [0.1, 0.15) is 0 Å². The molecule has 29 heavy (non-hydrogen) atoms. The summed E-state index contributed by atoms with van der Waals surface area (Å²) in [6.07, 6.45) is 0.968. The number of piperidine rings is 1. The lowest BCUT2D eigenvalue weighted by molar-refractivity contribution is -0.126. The summed E-state index contributed by atoms with van der Waals surface area (Å²) in [5.41, 5.74) is 1.52. The summed E-state index contributed by atoms with van der Waals surface area (Å²) in [4.78, 5) is 24.1. The molecule has 1 amide bonds. The van der Waals surface area contributed by atoms with Crippen molar-refractivity contribution < 1.29 is 18.0 Å². The fourth-order valence-corrected chi connectivity index (χ4v) is 5.00. The van der Waals surface area contributed by atoms with E-state index < -0.39 is 10.0 Å². The van der Waals surface area contributed by atoms with Crippen LogP contribution < -0.4 is 5.32 Å². The zero-order valence-corrected chi connectivity index (χ0v) is 17.5. The van der Waals surface area contributed by atoms with Crippen LogP contribution in [0.1, 0.15) is 48.7 Å². The Labute approximate surface area is 172 Å². The van der Waals surface area contributed by atoms with Crippen LogP contribution >= 0.6 is 0 Å². The van der Waals surface area contributed by atoms with Crippen molar-refractivity contribution in [2.24, 2.45) is 5.92 Å². The number of carbonyl (C=O) groups excluding carboxylic acids is 2. The number of Topliss-reactive ketones (excluding diaryl/α,β-unsaturated/α-hetero) is 1. The maximum atomic E-state index is 12.8. The lowest BCUT2D eigenvalue weighted by atomic mass is 9.96. The van der Waals surface area contributed by atoms with E-state index >= 15 is 0 Å². The molecular weight excluding hydrogens is 388 g/mol. The SMILES string of the molecule is CC(=O)c1ccc(S(=O)(=O)N2CCC(C(=O)NC(C)c3ccccc3)CC2)cc1. The molecule has 2 aromatic rings. The highest BCUT2D eigenvalue weighted by Crippen LogP contribution is 2.25. The van der Waals surface area contributed by atoms with E-state index in [1.165, 1.54) is 35.5 Å². The number of carbonyl (C=O) groups is 2. The molecule has 2 aromatic carbocycles.